The van der Waals surface area contributed by atoms with Gasteiger partial charge in [0.1, 0.15) is 10.8 Å². The normalized spacial score (nSPS) is 11.8. The lowest BCUT2D eigenvalue weighted by molar-refractivity contribution is -0.118. The molecule has 0 saturated heterocycles. The van der Waals surface area contributed by atoms with Gasteiger partial charge in [-0.05, 0) is 36.8 Å². The summed E-state index contributed by atoms with van der Waals surface area (Å²) < 4.78 is 5.35. The average molecular weight is 424 g/mol. The molecule has 1 aromatic heterocycles. The number of nitrogens with zero attached hydrogens (tertiary/aromatic N) is 1. The van der Waals surface area contributed by atoms with Crippen molar-refractivity contribution in [1.82, 2.24) is 10.3 Å². The second kappa shape index (κ2) is 9.54. The maximum absolute atomic E-state index is 13.0. The Kier molecular flexibility index (Phi) is 6.84. The van der Waals surface area contributed by atoms with E-state index in [1.54, 1.807) is 35.7 Å². The summed E-state index contributed by atoms with van der Waals surface area (Å²) in [5, 5.41) is 8.70. The summed E-state index contributed by atoms with van der Waals surface area (Å²) >= 11 is 1.57. The molecule has 6 nitrogen and oxygen atoms in total. The topological polar surface area (TPSA) is 80.3 Å². The zero-order valence-corrected chi connectivity index (χ0v) is 18.2. The summed E-state index contributed by atoms with van der Waals surface area (Å²) in [4.78, 5) is 29.3. The Morgan fingerprint density at radius 1 is 1.10 bits per heavy atom. The van der Waals surface area contributed by atoms with E-state index in [-0.39, 0.29) is 23.8 Å². The number of ether oxygens (including phenoxy) is 1. The number of amides is 2. The van der Waals surface area contributed by atoms with E-state index in [1.165, 1.54) is 7.11 Å². The number of carbonyl (C=O) groups is 2. The molecule has 30 heavy (non-hydrogen) atoms. The molecule has 156 valence electrons. The average Bonchev–Trinajstić information content (AvgIpc) is 3.28. The molecule has 0 aliphatic heterocycles. The van der Waals surface area contributed by atoms with Crippen molar-refractivity contribution >= 4 is 28.8 Å². The quantitative estimate of drug-likeness (QED) is 0.566. The van der Waals surface area contributed by atoms with Crippen molar-refractivity contribution in [2.24, 2.45) is 5.92 Å². The van der Waals surface area contributed by atoms with E-state index >= 15 is 0 Å². The van der Waals surface area contributed by atoms with Crippen LogP contribution in [0.15, 0.2) is 54.0 Å². The zero-order chi connectivity index (χ0) is 21.7. The molecule has 1 unspecified atom stereocenters. The van der Waals surface area contributed by atoms with Crippen molar-refractivity contribution in [3.63, 3.8) is 0 Å². The molecule has 0 radical (unpaired) electrons. The lowest BCUT2D eigenvalue weighted by Crippen LogP contribution is -2.27. The van der Waals surface area contributed by atoms with E-state index in [0.29, 0.717) is 17.0 Å². The number of benzene rings is 2. The SMILES string of the molecule is COc1ccc(NC(=O)C(C)C)cc1C(=O)NC(C)c1cccc(-c2nccs2)c1. The molecule has 0 spiro atoms. The molecule has 7 heteroatoms. The van der Waals surface area contributed by atoms with Gasteiger partial charge in [0.25, 0.3) is 5.91 Å². The molecule has 0 saturated carbocycles. The Morgan fingerprint density at radius 2 is 1.90 bits per heavy atom. The fraction of sp³-hybridized carbons (Fsp3) is 0.261. The molecule has 1 atom stereocenters. The van der Waals surface area contributed by atoms with Crippen LogP contribution in [-0.2, 0) is 4.79 Å². The molecule has 2 amide bonds. The lowest BCUT2D eigenvalue weighted by atomic mass is 10.0. The predicted octanol–water partition coefficient (Wildman–Crippen LogP) is 4.90. The highest BCUT2D eigenvalue weighted by atomic mass is 32.1. The Balaban J connectivity index is 1.79. The molecule has 0 aliphatic rings. The number of nitrogens with one attached hydrogen (secondary N) is 2. The molecular weight excluding hydrogens is 398 g/mol. The number of thiazole rings is 1. The number of carbonyl (C=O) groups excluding carboxylic acids is 2. The number of hydrogen-bond acceptors (Lipinski definition) is 5. The molecule has 1 heterocycles. The first-order chi connectivity index (χ1) is 14.4. The van der Waals surface area contributed by atoms with Crippen LogP contribution in [0.2, 0.25) is 0 Å². The number of aromatic nitrogens is 1. The lowest BCUT2D eigenvalue weighted by Gasteiger charge is -2.17. The van der Waals surface area contributed by atoms with Crippen LogP contribution in [0.4, 0.5) is 5.69 Å². The molecule has 0 fully saturated rings. The number of hydrogen-bond donors (Lipinski definition) is 2. The molecule has 3 rings (SSSR count). The monoisotopic (exact) mass is 423 g/mol. The van der Waals surface area contributed by atoms with E-state index in [9.17, 15) is 9.59 Å². The maximum atomic E-state index is 13.0. The van der Waals surface area contributed by atoms with E-state index in [1.807, 2.05) is 50.4 Å². The standard InChI is InChI=1S/C23H25N3O3S/c1-14(2)21(27)26-18-8-9-20(29-4)19(13-18)22(28)25-15(3)16-6-5-7-17(12-16)23-24-10-11-30-23/h5-15H,1-4H3,(H,25,28)(H,26,27). The first-order valence-corrected chi connectivity index (χ1v) is 10.6. The predicted molar refractivity (Wildman–Crippen MR) is 120 cm³/mol. The van der Waals surface area contributed by atoms with Crippen LogP contribution in [0.3, 0.4) is 0 Å². The van der Waals surface area contributed by atoms with Gasteiger partial charge >= 0.3 is 0 Å². The van der Waals surface area contributed by atoms with Crippen LogP contribution in [0, 0.1) is 5.92 Å². The molecule has 0 bridgehead atoms. The third kappa shape index (κ3) is 5.04. The summed E-state index contributed by atoms with van der Waals surface area (Å²) in [6, 6.07) is 12.8. The first kappa shape index (κ1) is 21.5. The molecule has 2 N–H and O–H groups in total. The maximum Gasteiger partial charge on any atom is 0.255 e. The van der Waals surface area contributed by atoms with Gasteiger partial charge in [-0.2, -0.15) is 0 Å². The van der Waals surface area contributed by atoms with Gasteiger partial charge in [0.2, 0.25) is 5.91 Å². The smallest absolute Gasteiger partial charge is 0.255 e. The minimum Gasteiger partial charge on any atom is -0.496 e. The van der Waals surface area contributed by atoms with Gasteiger partial charge in [0.15, 0.2) is 0 Å². The second-order valence-corrected chi connectivity index (χ2v) is 8.11. The molecule has 2 aromatic carbocycles. The van der Waals surface area contributed by atoms with Gasteiger partial charge in [-0.25, -0.2) is 4.98 Å². The van der Waals surface area contributed by atoms with Crippen LogP contribution >= 0.6 is 11.3 Å². The van der Waals surface area contributed by atoms with Gasteiger partial charge in [-0.1, -0.05) is 32.0 Å². The van der Waals surface area contributed by atoms with Crippen LogP contribution in [0.25, 0.3) is 10.6 Å². The number of rotatable bonds is 7. The van der Waals surface area contributed by atoms with Gasteiger partial charge in [-0.3, -0.25) is 9.59 Å². The molecule has 0 aliphatic carbocycles. The molecular formula is C23H25N3O3S. The van der Waals surface area contributed by atoms with Crippen molar-refractivity contribution in [3.8, 4) is 16.3 Å². The zero-order valence-electron chi connectivity index (χ0n) is 17.4. The van der Waals surface area contributed by atoms with Crippen molar-refractivity contribution in [2.75, 3.05) is 12.4 Å². The van der Waals surface area contributed by atoms with E-state index < -0.39 is 0 Å². The fourth-order valence-electron chi connectivity index (χ4n) is 2.91. The summed E-state index contributed by atoms with van der Waals surface area (Å²) in [7, 11) is 1.51. The third-order valence-electron chi connectivity index (χ3n) is 4.65. The van der Waals surface area contributed by atoms with Crippen molar-refractivity contribution in [1.29, 1.82) is 0 Å². The van der Waals surface area contributed by atoms with Crippen molar-refractivity contribution in [3.05, 3.63) is 65.2 Å². The van der Waals surface area contributed by atoms with Gasteiger partial charge in [0, 0.05) is 28.7 Å². The minimum atomic E-state index is -0.278. The van der Waals surface area contributed by atoms with Gasteiger partial charge in [-0.15, -0.1) is 11.3 Å². The minimum absolute atomic E-state index is 0.112. The highest BCUT2D eigenvalue weighted by Gasteiger charge is 2.18. The Bertz CT molecular complexity index is 1030. The van der Waals surface area contributed by atoms with Crippen LogP contribution in [0.5, 0.6) is 5.75 Å². The Labute approximate surface area is 180 Å². The highest BCUT2D eigenvalue weighted by molar-refractivity contribution is 7.13. The first-order valence-electron chi connectivity index (χ1n) is 9.68. The highest BCUT2D eigenvalue weighted by Crippen LogP contribution is 2.27. The van der Waals surface area contributed by atoms with Crippen molar-refractivity contribution in [2.45, 2.75) is 26.8 Å². The summed E-state index contributed by atoms with van der Waals surface area (Å²) in [6.45, 7) is 5.55. The van der Waals surface area contributed by atoms with E-state index in [0.717, 1.165) is 16.1 Å². The summed E-state index contributed by atoms with van der Waals surface area (Å²) in [6.07, 6.45) is 1.77. The van der Waals surface area contributed by atoms with Crippen LogP contribution in [-0.4, -0.2) is 23.9 Å². The van der Waals surface area contributed by atoms with Gasteiger partial charge < -0.3 is 15.4 Å². The summed E-state index contributed by atoms with van der Waals surface area (Å²) in [5.74, 6) is -0.105. The molecule has 3 aromatic rings. The van der Waals surface area contributed by atoms with Gasteiger partial charge in [0.05, 0.1) is 18.7 Å². The number of methoxy groups -OCH3 is 1. The Hall–Kier alpha value is -3.19. The second-order valence-electron chi connectivity index (χ2n) is 7.22. The Morgan fingerprint density at radius 3 is 2.57 bits per heavy atom. The van der Waals surface area contributed by atoms with Crippen LogP contribution in [0.1, 0.15) is 42.7 Å². The van der Waals surface area contributed by atoms with E-state index in [2.05, 4.69) is 15.6 Å². The van der Waals surface area contributed by atoms with E-state index in [4.69, 9.17) is 4.74 Å². The fourth-order valence-corrected chi connectivity index (χ4v) is 3.55. The van der Waals surface area contributed by atoms with Crippen LogP contribution < -0.4 is 15.4 Å². The summed E-state index contributed by atoms with van der Waals surface area (Å²) in [5.41, 5.74) is 2.90. The third-order valence-corrected chi connectivity index (χ3v) is 5.47. The van der Waals surface area contributed by atoms with Crippen molar-refractivity contribution < 1.29 is 14.3 Å². The number of anilines is 1. The largest absolute Gasteiger partial charge is 0.496 e.